The van der Waals surface area contributed by atoms with Crippen molar-refractivity contribution in [1.82, 2.24) is 5.32 Å². The summed E-state index contributed by atoms with van der Waals surface area (Å²) >= 11 is 0. The molecule has 7 heteroatoms. The van der Waals surface area contributed by atoms with Gasteiger partial charge in [0.15, 0.2) is 13.2 Å². The Morgan fingerprint density at radius 3 is 2.52 bits per heavy atom. The summed E-state index contributed by atoms with van der Waals surface area (Å²) in [5.41, 5.74) is 6.88. The molecule has 0 aliphatic rings. The van der Waals surface area contributed by atoms with E-state index < -0.39 is 24.4 Å². The van der Waals surface area contributed by atoms with Crippen LogP contribution in [0.3, 0.4) is 0 Å². The quantitative estimate of drug-likeness (QED) is 0.683. The Bertz CT molecular complexity index is 584. The van der Waals surface area contributed by atoms with E-state index >= 15 is 0 Å². The van der Waals surface area contributed by atoms with Gasteiger partial charge in [0.1, 0.15) is 5.75 Å². The van der Waals surface area contributed by atoms with Gasteiger partial charge in [-0.15, -0.1) is 0 Å². The molecule has 0 spiro atoms. The molecule has 0 unspecified atom stereocenters. The minimum atomic E-state index is -0.673. The number of benzene rings is 1. The van der Waals surface area contributed by atoms with E-state index in [4.69, 9.17) is 15.2 Å². The lowest BCUT2D eigenvalue weighted by Crippen LogP contribution is -2.36. The van der Waals surface area contributed by atoms with Gasteiger partial charge in [0.25, 0.3) is 5.91 Å². The molecule has 2 amide bonds. The zero-order valence-electron chi connectivity index (χ0n) is 13.5. The first-order valence-corrected chi connectivity index (χ1v) is 7.23. The maximum Gasteiger partial charge on any atom is 0.344 e. The van der Waals surface area contributed by atoms with E-state index in [1.54, 1.807) is 0 Å². The zero-order valence-corrected chi connectivity index (χ0v) is 13.5. The second kappa shape index (κ2) is 8.77. The van der Waals surface area contributed by atoms with Crippen molar-refractivity contribution in [3.63, 3.8) is 0 Å². The SMILES string of the molecule is Cc1ccc(C(C)C)c(OCC(=O)OCC(=O)NCC(N)=O)c1. The average molecular weight is 322 g/mol. The van der Waals surface area contributed by atoms with E-state index in [0.717, 1.165) is 11.1 Å². The third kappa shape index (κ3) is 6.82. The lowest BCUT2D eigenvalue weighted by Gasteiger charge is -2.14. The highest BCUT2D eigenvalue weighted by Crippen LogP contribution is 2.27. The number of carbonyl (C=O) groups is 3. The van der Waals surface area contributed by atoms with Gasteiger partial charge < -0.3 is 20.5 Å². The number of rotatable bonds is 8. The van der Waals surface area contributed by atoms with E-state index in [1.165, 1.54) is 0 Å². The molecular weight excluding hydrogens is 300 g/mol. The molecule has 0 fully saturated rings. The highest BCUT2D eigenvalue weighted by Gasteiger charge is 2.12. The first kappa shape index (κ1) is 18.5. The van der Waals surface area contributed by atoms with Crippen molar-refractivity contribution in [2.45, 2.75) is 26.7 Å². The van der Waals surface area contributed by atoms with Crippen LogP contribution in [-0.4, -0.2) is 37.5 Å². The van der Waals surface area contributed by atoms with Crippen LogP contribution in [0.15, 0.2) is 18.2 Å². The van der Waals surface area contributed by atoms with Crippen molar-refractivity contribution < 1.29 is 23.9 Å². The van der Waals surface area contributed by atoms with Crippen LogP contribution in [0.25, 0.3) is 0 Å². The van der Waals surface area contributed by atoms with Crippen LogP contribution in [0.1, 0.15) is 30.9 Å². The van der Waals surface area contributed by atoms with E-state index in [9.17, 15) is 14.4 Å². The Kier molecular flexibility index (Phi) is 7.05. The Morgan fingerprint density at radius 2 is 1.91 bits per heavy atom. The second-order valence-corrected chi connectivity index (χ2v) is 5.39. The van der Waals surface area contributed by atoms with E-state index in [1.807, 2.05) is 39.0 Å². The summed E-state index contributed by atoms with van der Waals surface area (Å²) in [5, 5.41) is 2.21. The zero-order chi connectivity index (χ0) is 17.4. The standard InChI is InChI=1S/C16H22N2O5/c1-10(2)12-5-4-11(3)6-13(12)22-9-16(21)23-8-15(20)18-7-14(17)19/h4-6,10H,7-9H2,1-3H3,(H2,17,19)(H,18,20). The van der Waals surface area contributed by atoms with Crippen LogP contribution < -0.4 is 15.8 Å². The van der Waals surface area contributed by atoms with Gasteiger partial charge in [-0.25, -0.2) is 4.79 Å². The smallest absolute Gasteiger partial charge is 0.344 e. The van der Waals surface area contributed by atoms with Gasteiger partial charge in [-0.1, -0.05) is 26.0 Å². The Balaban J connectivity index is 2.46. The molecule has 0 aromatic heterocycles. The molecule has 0 saturated heterocycles. The minimum Gasteiger partial charge on any atom is -0.482 e. The van der Waals surface area contributed by atoms with Crippen molar-refractivity contribution >= 4 is 17.8 Å². The lowest BCUT2D eigenvalue weighted by molar-refractivity contribution is -0.150. The van der Waals surface area contributed by atoms with Gasteiger partial charge in [0, 0.05) is 0 Å². The topological polar surface area (TPSA) is 108 Å². The van der Waals surface area contributed by atoms with Crippen molar-refractivity contribution in [3.05, 3.63) is 29.3 Å². The molecule has 0 heterocycles. The molecule has 23 heavy (non-hydrogen) atoms. The second-order valence-electron chi connectivity index (χ2n) is 5.39. The third-order valence-electron chi connectivity index (χ3n) is 2.96. The van der Waals surface area contributed by atoms with E-state index in [-0.39, 0.29) is 19.1 Å². The fraction of sp³-hybridized carbons (Fsp3) is 0.438. The van der Waals surface area contributed by atoms with Crippen molar-refractivity contribution in [2.75, 3.05) is 19.8 Å². The predicted octanol–water partition coefficient (Wildman–Crippen LogP) is 0.642. The molecule has 0 saturated carbocycles. The number of nitrogens with two attached hydrogens (primary N) is 1. The fourth-order valence-corrected chi connectivity index (χ4v) is 1.80. The molecule has 0 atom stereocenters. The number of hydrogen-bond acceptors (Lipinski definition) is 5. The van der Waals surface area contributed by atoms with Crippen LogP contribution in [0, 0.1) is 6.92 Å². The van der Waals surface area contributed by atoms with Gasteiger partial charge in [0.2, 0.25) is 5.91 Å². The van der Waals surface area contributed by atoms with Crippen molar-refractivity contribution in [2.24, 2.45) is 5.73 Å². The molecule has 3 N–H and O–H groups in total. The number of aryl methyl sites for hydroxylation is 1. The van der Waals surface area contributed by atoms with Crippen LogP contribution in [0.2, 0.25) is 0 Å². The van der Waals surface area contributed by atoms with Crippen molar-refractivity contribution in [3.8, 4) is 5.75 Å². The van der Waals surface area contributed by atoms with Gasteiger partial charge in [-0.05, 0) is 30.0 Å². The first-order chi connectivity index (χ1) is 10.8. The van der Waals surface area contributed by atoms with E-state index in [0.29, 0.717) is 5.75 Å². The maximum atomic E-state index is 11.6. The summed E-state index contributed by atoms with van der Waals surface area (Å²) in [7, 11) is 0. The molecule has 7 nitrogen and oxygen atoms in total. The molecule has 1 aromatic carbocycles. The fourth-order valence-electron chi connectivity index (χ4n) is 1.80. The van der Waals surface area contributed by atoms with Gasteiger partial charge in [-0.2, -0.15) is 0 Å². The monoisotopic (exact) mass is 322 g/mol. The number of carbonyl (C=O) groups excluding carboxylic acids is 3. The molecule has 0 aliphatic carbocycles. The van der Waals surface area contributed by atoms with Gasteiger partial charge in [-0.3, -0.25) is 9.59 Å². The molecule has 0 bridgehead atoms. The average Bonchev–Trinajstić information content (AvgIpc) is 2.48. The number of primary amides is 1. The molecular formula is C16H22N2O5. The van der Waals surface area contributed by atoms with Crippen LogP contribution >= 0.6 is 0 Å². The summed E-state index contributed by atoms with van der Waals surface area (Å²) in [6.45, 7) is 4.90. The Morgan fingerprint density at radius 1 is 1.22 bits per heavy atom. The molecule has 1 aromatic rings. The lowest BCUT2D eigenvalue weighted by atomic mass is 10.0. The van der Waals surface area contributed by atoms with Crippen LogP contribution in [0.5, 0.6) is 5.75 Å². The molecule has 0 radical (unpaired) electrons. The minimum absolute atomic E-state index is 0.251. The molecule has 1 rings (SSSR count). The predicted molar refractivity (Wildman–Crippen MR) is 83.9 cm³/mol. The molecule has 126 valence electrons. The van der Waals surface area contributed by atoms with Crippen molar-refractivity contribution in [1.29, 1.82) is 0 Å². The highest BCUT2D eigenvalue weighted by atomic mass is 16.6. The highest BCUT2D eigenvalue weighted by molar-refractivity contribution is 5.85. The Hall–Kier alpha value is -2.57. The van der Waals surface area contributed by atoms with Crippen LogP contribution in [0.4, 0.5) is 0 Å². The van der Waals surface area contributed by atoms with Gasteiger partial charge in [0.05, 0.1) is 6.54 Å². The summed E-state index contributed by atoms with van der Waals surface area (Å²) in [6, 6.07) is 5.78. The number of ether oxygens (including phenoxy) is 2. The third-order valence-corrected chi connectivity index (χ3v) is 2.96. The first-order valence-electron chi connectivity index (χ1n) is 7.23. The van der Waals surface area contributed by atoms with Gasteiger partial charge >= 0.3 is 5.97 Å². The number of amides is 2. The number of nitrogens with one attached hydrogen (secondary N) is 1. The maximum absolute atomic E-state index is 11.6. The normalized spacial score (nSPS) is 10.3. The Labute approximate surface area is 135 Å². The number of hydrogen-bond donors (Lipinski definition) is 2. The summed E-state index contributed by atoms with van der Waals surface area (Å²) < 4.78 is 10.3. The molecule has 0 aliphatic heterocycles. The largest absolute Gasteiger partial charge is 0.482 e. The summed E-state index contributed by atoms with van der Waals surface area (Å²) in [5.74, 6) is -1.07. The summed E-state index contributed by atoms with van der Waals surface area (Å²) in [6.07, 6.45) is 0. The summed E-state index contributed by atoms with van der Waals surface area (Å²) in [4.78, 5) is 33.4. The van der Waals surface area contributed by atoms with Crippen LogP contribution in [-0.2, 0) is 19.1 Å². The number of esters is 1. The van der Waals surface area contributed by atoms with E-state index in [2.05, 4.69) is 5.32 Å².